The molecule has 1 aliphatic heterocycles. The topological polar surface area (TPSA) is 90.1 Å². The van der Waals surface area contributed by atoms with Gasteiger partial charge in [-0.15, -0.1) is 0 Å². The molecule has 3 N–H and O–H groups in total. The van der Waals surface area contributed by atoms with Crippen LogP contribution in [-0.4, -0.2) is 46.5 Å². The smallest absolute Gasteiger partial charge is 0.275 e. The first kappa shape index (κ1) is 18.7. The number of aromatic nitrogens is 2. The van der Waals surface area contributed by atoms with Crippen LogP contribution < -0.4 is 10.6 Å². The van der Waals surface area contributed by atoms with E-state index in [4.69, 9.17) is 23.2 Å². The number of amides is 2. The van der Waals surface area contributed by atoms with Crippen molar-refractivity contribution in [3.63, 3.8) is 0 Å². The molecule has 0 atom stereocenters. The SMILES string of the molecule is CCN(CC(=O)Nc1c(Cl)cccc1Cl)C(=O)c1n[nH]c2c1CNCC2. The largest absolute Gasteiger partial charge is 0.328 e. The standard InChI is InChI=1S/C17H19Cl2N5O2/c1-2-24(9-14(25)21-16-11(18)4-3-5-12(16)19)17(26)15-10-8-20-7-6-13(10)22-23-15/h3-5,20H,2,6-9H2,1H3,(H,21,25)(H,22,23). The molecule has 26 heavy (non-hydrogen) atoms. The number of fused-ring (bicyclic) bond motifs is 1. The van der Waals surface area contributed by atoms with E-state index in [0.717, 1.165) is 24.2 Å². The second-order valence-corrected chi connectivity index (χ2v) is 6.73. The van der Waals surface area contributed by atoms with E-state index in [2.05, 4.69) is 20.8 Å². The Balaban J connectivity index is 1.72. The number of H-pyrrole nitrogens is 1. The summed E-state index contributed by atoms with van der Waals surface area (Å²) in [5, 5.41) is 13.7. The number of likely N-dealkylation sites (N-methyl/N-ethyl adjacent to an activating group) is 1. The third-order valence-electron chi connectivity index (χ3n) is 4.24. The number of anilines is 1. The second-order valence-electron chi connectivity index (χ2n) is 5.92. The van der Waals surface area contributed by atoms with Crippen molar-refractivity contribution in [3.05, 3.63) is 45.2 Å². The molecule has 1 aromatic heterocycles. The van der Waals surface area contributed by atoms with Gasteiger partial charge in [0.05, 0.1) is 15.7 Å². The molecule has 2 heterocycles. The van der Waals surface area contributed by atoms with E-state index in [1.165, 1.54) is 4.90 Å². The number of benzene rings is 1. The van der Waals surface area contributed by atoms with Crippen LogP contribution in [0.15, 0.2) is 18.2 Å². The Labute approximate surface area is 161 Å². The van der Waals surface area contributed by atoms with Gasteiger partial charge in [0, 0.05) is 37.3 Å². The molecule has 0 saturated heterocycles. The van der Waals surface area contributed by atoms with E-state index in [1.807, 2.05) is 6.92 Å². The van der Waals surface area contributed by atoms with Gasteiger partial charge in [0.1, 0.15) is 6.54 Å². The summed E-state index contributed by atoms with van der Waals surface area (Å²) in [4.78, 5) is 26.6. The first-order valence-electron chi connectivity index (χ1n) is 8.31. The van der Waals surface area contributed by atoms with Crippen molar-refractivity contribution in [2.45, 2.75) is 19.9 Å². The predicted molar refractivity (Wildman–Crippen MR) is 101 cm³/mol. The molecule has 7 nitrogen and oxygen atoms in total. The molecule has 1 aliphatic rings. The monoisotopic (exact) mass is 395 g/mol. The lowest BCUT2D eigenvalue weighted by Gasteiger charge is -2.21. The van der Waals surface area contributed by atoms with Gasteiger partial charge in [0.2, 0.25) is 5.91 Å². The van der Waals surface area contributed by atoms with Gasteiger partial charge >= 0.3 is 0 Å². The highest BCUT2D eigenvalue weighted by Gasteiger charge is 2.26. The summed E-state index contributed by atoms with van der Waals surface area (Å²) in [5.74, 6) is -0.660. The first-order valence-corrected chi connectivity index (χ1v) is 9.06. The molecule has 0 saturated carbocycles. The molecule has 0 fully saturated rings. The Kier molecular flexibility index (Phi) is 5.80. The summed E-state index contributed by atoms with van der Waals surface area (Å²) in [7, 11) is 0. The van der Waals surface area contributed by atoms with Gasteiger partial charge in [0.15, 0.2) is 5.69 Å². The van der Waals surface area contributed by atoms with Gasteiger partial charge in [0.25, 0.3) is 5.91 Å². The highest BCUT2D eigenvalue weighted by molar-refractivity contribution is 6.39. The predicted octanol–water partition coefficient (Wildman–Crippen LogP) is 2.46. The third-order valence-corrected chi connectivity index (χ3v) is 4.87. The molecule has 138 valence electrons. The van der Waals surface area contributed by atoms with E-state index in [0.29, 0.717) is 34.5 Å². The summed E-state index contributed by atoms with van der Waals surface area (Å²) >= 11 is 12.1. The van der Waals surface area contributed by atoms with Crippen molar-refractivity contribution in [2.24, 2.45) is 0 Å². The zero-order valence-electron chi connectivity index (χ0n) is 14.2. The zero-order valence-corrected chi connectivity index (χ0v) is 15.7. The number of nitrogens with one attached hydrogen (secondary N) is 3. The van der Waals surface area contributed by atoms with Gasteiger partial charge in [-0.1, -0.05) is 29.3 Å². The van der Waals surface area contributed by atoms with Crippen LogP contribution in [0.4, 0.5) is 5.69 Å². The van der Waals surface area contributed by atoms with Crippen molar-refractivity contribution in [1.82, 2.24) is 20.4 Å². The minimum atomic E-state index is -0.377. The van der Waals surface area contributed by atoms with Crippen LogP contribution >= 0.6 is 23.2 Å². The molecular formula is C17H19Cl2N5O2. The summed E-state index contributed by atoms with van der Waals surface area (Å²) in [6, 6.07) is 4.96. The van der Waals surface area contributed by atoms with Gasteiger partial charge in [-0.05, 0) is 19.1 Å². The summed E-state index contributed by atoms with van der Waals surface area (Å²) in [5.41, 5.74) is 2.54. The summed E-state index contributed by atoms with van der Waals surface area (Å²) in [6.45, 7) is 3.50. The van der Waals surface area contributed by atoms with E-state index >= 15 is 0 Å². The average molecular weight is 396 g/mol. The van der Waals surface area contributed by atoms with Crippen LogP contribution in [0, 0.1) is 0 Å². The fourth-order valence-corrected chi connectivity index (χ4v) is 3.34. The van der Waals surface area contributed by atoms with Crippen molar-refractivity contribution in [1.29, 1.82) is 0 Å². The average Bonchev–Trinajstić information content (AvgIpc) is 3.06. The lowest BCUT2D eigenvalue weighted by atomic mass is 10.1. The second kappa shape index (κ2) is 8.07. The summed E-state index contributed by atoms with van der Waals surface area (Å²) < 4.78 is 0. The van der Waals surface area contributed by atoms with Crippen LogP contribution in [0.1, 0.15) is 28.7 Å². The van der Waals surface area contributed by atoms with Gasteiger partial charge < -0.3 is 15.5 Å². The highest BCUT2D eigenvalue weighted by atomic mass is 35.5. The van der Waals surface area contributed by atoms with Crippen molar-refractivity contribution >= 4 is 40.7 Å². The van der Waals surface area contributed by atoms with Crippen LogP contribution in [0.5, 0.6) is 0 Å². The number of para-hydroxylation sites is 1. The van der Waals surface area contributed by atoms with Gasteiger partial charge in [-0.3, -0.25) is 14.7 Å². The Bertz CT molecular complexity index is 816. The van der Waals surface area contributed by atoms with E-state index < -0.39 is 0 Å². The number of rotatable bonds is 5. The maximum Gasteiger partial charge on any atom is 0.275 e. The number of aromatic amines is 1. The Hall–Kier alpha value is -2.09. The molecule has 1 aromatic carbocycles. The fraction of sp³-hybridized carbons (Fsp3) is 0.353. The lowest BCUT2D eigenvalue weighted by Crippen LogP contribution is -2.39. The molecule has 0 aliphatic carbocycles. The number of carbonyl (C=O) groups is 2. The van der Waals surface area contributed by atoms with Crippen LogP contribution in [0.2, 0.25) is 10.0 Å². The molecular weight excluding hydrogens is 377 g/mol. The van der Waals surface area contributed by atoms with E-state index in [9.17, 15) is 9.59 Å². The maximum absolute atomic E-state index is 12.8. The Morgan fingerprint density at radius 1 is 1.31 bits per heavy atom. The first-order chi connectivity index (χ1) is 12.5. The molecule has 0 spiro atoms. The zero-order chi connectivity index (χ0) is 18.7. The number of carbonyl (C=O) groups excluding carboxylic acids is 2. The third kappa shape index (κ3) is 3.85. The number of hydrogen-bond donors (Lipinski definition) is 3. The molecule has 0 bridgehead atoms. The number of halogens is 2. The van der Waals surface area contributed by atoms with Crippen molar-refractivity contribution in [2.75, 3.05) is 25.0 Å². The number of hydrogen-bond acceptors (Lipinski definition) is 4. The fourth-order valence-electron chi connectivity index (χ4n) is 2.85. The minimum absolute atomic E-state index is 0.119. The molecule has 3 rings (SSSR count). The van der Waals surface area contributed by atoms with E-state index in [-0.39, 0.29) is 18.4 Å². The van der Waals surface area contributed by atoms with Crippen LogP contribution in [0.3, 0.4) is 0 Å². The molecule has 0 unspecified atom stereocenters. The van der Waals surface area contributed by atoms with Crippen molar-refractivity contribution in [3.8, 4) is 0 Å². The maximum atomic E-state index is 12.8. The Morgan fingerprint density at radius 3 is 2.73 bits per heavy atom. The summed E-state index contributed by atoms with van der Waals surface area (Å²) in [6.07, 6.45) is 0.799. The highest BCUT2D eigenvalue weighted by Crippen LogP contribution is 2.29. The lowest BCUT2D eigenvalue weighted by molar-refractivity contribution is -0.116. The normalized spacial score (nSPS) is 13.2. The number of nitrogens with zero attached hydrogens (tertiary/aromatic N) is 2. The minimum Gasteiger partial charge on any atom is -0.328 e. The molecule has 2 aromatic rings. The van der Waals surface area contributed by atoms with E-state index in [1.54, 1.807) is 18.2 Å². The quantitative estimate of drug-likeness (QED) is 0.724. The van der Waals surface area contributed by atoms with Gasteiger partial charge in [-0.25, -0.2) is 0 Å². The van der Waals surface area contributed by atoms with Crippen LogP contribution in [0.25, 0.3) is 0 Å². The molecule has 0 radical (unpaired) electrons. The molecule has 2 amide bonds. The van der Waals surface area contributed by atoms with Crippen LogP contribution in [-0.2, 0) is 17.8 Å². The Morgan fingerprint density at radius 2 is 2.04 bits per heavy atom. The van der Waals surface area contributed by atoms with Crippen molar-refractivity contribution < 1.29 is 9.59 Å². The van der Waals surface area contributed by atoms with Gasteiger partial charge in [-0.2, -0.15) is 5.10 Å². The molecule has 9 heteroatoms.